The van der Waals surface area contributed by atoms with Gasteiger partial charge >= 0.3 is 0 Å². The molecule has 124 valence electrons. The lowest BCUT2D eigenvalue weighted by Crippen LogP contribution is -2.25. The molecule has 0 unspecified atom stereocenters. The zero-order valence-corrected chi connectivity index (χ0v) is 14.5. The molecule has 0 fully saturated rings. The maximum Gasteiger partial charge on any atom is 0.190 e. The molecule has 0 aromatic heterocycles. The molecule has 0 amide bonds. The van der Waals surface area contributed by atoms with Crippen LogP contribution in [0.3, 0.4) is 0 Å². The van der Waals surface area contributed by atoms with E-state index in [1.807, 2.05) is 58.0 Å². The highest BCUT2D eigenvalue weighted by atomic mass is 16.5. The van der Waals surface area contributed by atoms with Gasteiger partial charge in [-0.05, 0) is 56.5 Å². The monoisotopic (exact) mass is 322 g/mol. The van der Waals surface area contributed by atoms with Gasteiger partial charge in [-0.15, -0.1) is 0 Å². The minimum Gasteiger partial charge on any atom is -0.507 e. The zero-order valence-electron chi connectivity index (χ0n) is 14.5. The summed E-state index contributed by atoms with van der Waals surface area (Å²) in [5, 5.41) is 10.3. The van der Waals surface area contributed by atoms with Crippen LogP contribution in [0.2, 0.25) is 0 Å². The van der Waals surface area contributed by atoms with Crippen molar-refractivity contribution in [1.82, 2.24) is 0 Å². The Morgan fingerprint density at radius 1 is 1.12 bits per heavy atom. The molecule has 2 aromatic rings. The number of hydrogen-bond donors (Lipinski definition) is 1. The van der Waals surface area contributed by atoms with Gasteiger partial charge in [0.2, 0.25) is 0 Å². The first-order valence-corrected chi connectivity index (χ1v) is 8.11. The van der Waals surface area contributed by atoms with Crippen LogP contribution >= 0.6 is 0 Å². The number of hydrogen-bond acceptors (Lipinski definition) is 3. The number of allylic oxidation sites excluding steroid dienone is 2. The Labute approximate surface area is 142 Å². The van der Waals surface area contributed by atoms with Crippen molar-refractivity contribution in [2.45, 2.75) is 39.7 Å². The standard InChI is InChI=1S/C21H22O3/c1-13-10-17(22)19-16(20(13)24-21(2,3)4)11-15(12-18(19)23)14-8-6-5-7-9-14/h5-10,12,22H,11H2,1-4H3. The van der Waals surface area contributed by atoms with Crippen molar-refractivity contribution < 1.29 is 14.6 Å². The Hall–Kier alpha value is -2.55. The summed E-state index contributed by atoms with van der Waals surface area (Å²) >= 11 is 0. The largest absolute Gasteiger partial charge is 0.507 e. The highest BCUT2D eigenvalue weighted by molar-refractivity contribution is 6.14. The first-order chi connectivity index (χ1) is 11.3. The van der Waals surface area contributed by atoms with Crippen LogP contribution in [-0.2, 0) is 6.42 Å². The molecule has 2 aromatic carbocycles. The molecule has 3 rings (SSSR count). The van der Waals surface area contributed by atoms with E-state index in [9.17, 15) is 9.90 Å². The molecule has 1 aliphatic carbocycles. The molecule has 0 bridgehead atoms. The maximum atomic E-state index is 12.6. The topological polar surface area (TPSA) is 46.5 Å². The number of aromatic hydroxyl groups is 1. The summed E-state index contributed by atoms with van der Waals surface area (Å²) < 4.78 is 6.13. The fourth-order valence-electron chi connectivity index (χ4n) is 3.05. The molecule has 0 heterocycles. The summed E-state index contributed by atoms with van der Waals surface area (Å²) in [6.07, 6.45) is 2.18. The number of benzene rings is 2. The molecule has 3 nitrogen and oxygen atoms in total. The summed E-state index contributed by atoms with van der Waals surface area (Å²) in [7, 11) is 0. The SMILES string of the molecule is Cc1cc(O)c2c(c1OC(C)(C)C)CC(c1ccccc1)=CC2=O. The lowest BCUT2D eigenvalue weighted by Gasteiger charge is -2.28. The van der Waals surface area contributed by atoms with Gasteiger partial charge in [-0.1, -0.05) is 30.3 Å². The van der Waals surface area contributed by atoms with Crippen LogP contribution < -0.4 is 4.74 Å². The van der Waals surface area contributed by atoms with Crippen molar-refractivity contribution in [2.24, 2.45) is 0 Å². The Morgan fingerprint density at radius 2 is 1.79 bits per heavy atom. The van der Waals surface area contributed by atoms with Gasteiger partial charge in [0.05, 0.1) is 5.56 Å². The summed E-state index contributed by atoms with van der Waals surface area (Å²) in [6, 6.07) is 11.5. The average molecular weight is 322 g/mol. The second-order valence-corrected chi connectivity index (χ2v) is 7.19. The summed E-state index contributed by atoms with van der Waals surface area (Å²) in [6.45, 7) is 7.82. The fraction of sp³-hybridized carbons (Fsp3) is 0.286. The van der Waals surface area contributed by atoms with Crippen molar-refractivity contribution in [3.63, 3.8) is 0 Å². The number of phenols is 1. The van der Waals surface area contributed by atoms with Crippen molar-refractivity contribution in [3.05, 3.63) is 64.7 Å². The van der Waals surface area contributed by atoms with E-state index in [1.54, 1.807) is 12.1 Å². The number of carbonyl (C=O) groups excluding carboxylic acids is 1. The molecule has 0 aliphatic heterocycles. The molecular weight excluding hydrogens is 300 g/mol. The maximum absolute atomic E-state index is 12.6. The van der Waals surface area contributed by atoms with Gasteiger partial charge in [0.15, 0.2) is 5.78 Å². The molecule has 24 heavy (non-hydrogen) atoms. The van der Waals surface area contributed by atoms with E-state index in [-0.39, 0.29) is 17.1 Å². The van der Waals surface area contributed by atoms with E-state index in [0.717, 1.165) is 22.3 Å². The Bertz CT molecular complexity index is 824. The summed E-state index contributed by atoms with van der Waals surface area (Å²) in [4.78, 5) is 12.6. The molecule has 1 N–H and O–H groups in total. The fourth-order valence-corrected chi connectivity index (χ4v) is 3.05. The van der Waals surface area contributed by atoms with Crippen molar-refractivity contribution in [1.29, 1.82) is 0 Å². The number of aryl methyl sites for hydroxylation is 1. The van der Waals surface area contributed by atoms with E-state index < -0.39 is 0 Å². The summed E-state index contributed by atoms with van der Waals surface area (Å²) in [5.74, 6) is 0.550. The molecular formula is C21H22O3. The Morgan fingerprint density at radius 3 is 2.42 bits per heavy atom. The number of fused-ring (bicyclic) bond motifs is 1. The predicted octanol–water partition coefficient (Wildman–Crippen LogP) is 4.70. The van der Waals surface area contributed by atoms with Gasteiger partial charge in [-0.3, -0.25) is 4.79 Å². The Kier molecular flexibility index (Phi) is 3.96. The lowest BCUT2D eigenvalue weighted by molar-refractivity contribution is 0.103. The van der Waals surface area contributed by atoms with E-state index in [2.05, 4.69) is 0 Å². The molecule has 3 heteroatoms. The van der Waals surface area contributed by atoms with Crippen LogP contribution in [0, 0.1) is 6.92 Å². The third kappa shape index (κ3) is 3.07. The molecule has 0 saturated carbocycles. The second-order valence-electron chi connectivity index (χ2n) is 7.19. The first-order valence-electron chi connectivity index (χ1n) is 8.11. The first kappa shape index (κ1) is 16.3. The van der Waals surface area contributed by atoms with Gasteiger partial charge in [0.25, 0.3) is 0 Å². The van der Waals surface area contributed by atoms with Gasteiger partial charge < -0.3 is 9.84 Å². The predicted molar refractivity (Wildman–Crippen MR) is 95.7 cm³/mol. The highest BCUT2D eigenvalue weighted by Crippen LogP contribution is 2.41. The average Bonchev–Trinajstić information content (AvgIpc) is 2.50. The van der Waals surface area contributed by atoms with Crippen molar-refractivity contribution >= 4 is 11.4 Å². The third-order valence-corrected chi connectivity index (χ3v) is 4.02. The van der Waals surface area contributed by atoms with Crippen LogP contribution in [-0.4, -0.2) is 16.5 Å². The van der Waals surface area contributed by atoms with Gasteiger partial charge in [-0.25, -0.2) is 0 Å². The van der Waals surface area contributed by atoms with Gasteiger partial charge in [0, 0.05) is 12.0 Å². The van der Waals surface area contributed by atoms with Gasteiger partial charge in [0.1, 0.15) is 17.1 Å². The number of carbonyl (C=O) groups is 1. The summed E-state index contributed by atoms with van der Waals surface area (Å²) in [5.41, 5.74) is 3.54. The van der Waals surface area contributed by atoms with Crippen LogP contribution in [0.5, 0.6) is 11.5 Å². The smallest absolute Gasteiger partial charge is 0.190 e. The quantitative estimate of drug-likeness (QED) is 0.871. The number of ketones is 1. The molecule has 0 spiro atoms. The van der Waals surface area contributed by atoms with Crippen LogP contribution in [0.25, 0.3) is 5.57 Å². The minimum absolute atomic E-state index is 0.0251. The minimum atomic E-state index is -0.382. The van der Waals surface area contributed by atoms with E-state index >= 15 is 0 Å². The molecule has 0 radical (unpaired) electrons. The number of rotatable bonds is 2. The third-order valence-electron chi connectivity index (χ3n) is 4.02. The lowest BCUT2D eigenvalue weighted by atomic mass is 9.85. The molecule has 0 atom stereocenters. The van der Waals surface area contributed by atoms with Crippen molar-refractivity contribution in [2.75, 3.05) is 0 Å². The normalized spacial score (nSPS) is 14.2. The van der Waals surface area contributed by atoms with E-state index in [1.165, 1.54) is 0 Å². The molecule has 0 saturated heterocycles. The highest BCUT2D eigenvalue weighted by Gasteiger charge is 2.28. The van der Waals surface area contributed by atoms with Crippen molar-refractivity contribution in [3.8, 4) is 11.5 Å². The zero-order chi connectivity index (χ0) is 17.5. The van der Waals surface area contributed by atoms with E-state index in [4.69, 9.17) is 4.74 Å². The van der Waals surface area contributed by atoms with E-state index in [0.29, 0.717) is 17.7 Å². The molecule has 1 aliphatic rings. The van der Waals surface area contributed by atoms with Crippen LogP contribution in [0.4, 0.5) is 0 Å². The van der Waals surface area contributed by atoms with Crippen LogP contribution in [0.1, 0.15) is 47.8 Å². The van der Waals surface area contributed by atoms with Gasteiger partial charge in [-0.2, -0.15) is 0 Å². The number of phenolic OH excluding ortho intramolecular Hbond substituents is 1. The number of ether oxygens (including phenoxy) is 1. The second kappa shape index (κ2) is 5.82. The van der Waals surface area contributed by atoms with Crippen LogP contribution in [0.15, 0.2) is 42.5 Å². The Balaban J connectivity index is 2.14.